The minimum atomic E-state index is -0.373. The summed E-state index contributed by atoms with van der Waals surface area (Å²) in [6.07, 6.45) is 0.565. The quantitative estimate of drug-likeness (QED) is 0.216. The molecule has 7 nitrogen and oxygen atoms in total. The van der Waals surface area contributed by atoms with Crippen molar-refractivity contribution in [2.45, 2.75) is 25.4 Å². The molecule has 3 aromatic carbocycles. The SMILES string of the molecule is Cc1cc(C)nc(SC2=C(Nc3ccc(Oc4ccccc4)cc3)C(=O)N(CCc3ccccc3)C2=O)n1. The average molecular weight is 523 g/mol. The van der Waals surface area contributed by atoms with Gasteiger partial charge in [0.25, 0.3) is 11.8 Å². The van der Waals surface area contributed by atoms with Crippen LogP contribution in [-0.2, 0) is 16.0 Å². The molecule has 8 heteroatoms. The molecule has 1 aromatic heterocycles. The number of benzene rings is 3. The van der Waals surface area contributed by atoms with Crippen LogP contribution in [0.2, 0.25) is 0 Å². The van der Waals surface area contributed by atoms with Gasteiger partial charge in [-0.05, 0) is 80.1 Å². The highest BCUT2D eigenvalue weighted by Gasteiger charge is 2.39. The second-order valence-corrected chi connectivity index (χ2v) is 9.78. The molecule has 0 saturated heterocycles. The Balaban J connectivity index is 1.39. The summed E-state index contributed by atoms with van der Waals surface area (Å²) >= 11 is 1.11. The zero-order valence-corrected chi connectivity index (χ0v) is 21.9. The predicted octanol–water partition coefficient (Wildman–Crippen LogP) is 5.91. The van der Waals surface area contributed by atoms with E-state index in [0.717, 1.165) is 34.5 Å². The first-order valence-electron chi connectivity index (χ1n) is 12.2. The molecule has 0 atom stereocenters. The second kappa shape index (κ2) is 11.3. The van der Waals surface area contributed by atoms with Gasteiger partial charge in [-0.2, -0.15) is 0 Å². The number of para-hydroxylation sites is 1. The van der Waals surface area contributed by atoms with E-state index in [1.165, 1.54) is 4.90 Å². The molecule has 5 rings (SSSR count). The first-order valence-corrected chi connectivity index (χ1v) is 13.0. The number of carbonyl (C=O) groups excluding carboxylic acids is 2. The van der Waals surface area contributed by atoms with Crippen LogP contribution in [0.3, 0.4) is 0 Å². The third kappa shape index (κ3) is 5.92. The van der Waals surface area contributed by atoms with Crippen LogP contribution in [-0.4, -0.2) is 33.2 Å². The summed E-state index contributed by atoms with van der Waals surface area (Å²) in [4.78, 5) is 37.5. The summed E-state index contributed by atoms with van der Waals surface area (Å²) in [5.41, 5.74) is 3.51. The van der Waals surface area contributed by atoms with Crippen LogP contribution in [0.4, 0.5) is 5.69 Å². The highest BCUT2D eigenvalue weighted by atomic mass is 32.2. The third-order valence-electron chi connectivity index (χ3n) is 5.85. The Morgan fingerprint density at radius 1 is 0.789 bits per heavy atom. The van der Waals surface area contributed by atoms with Crippen molar-refractivity contribution in [3.05, 3.63) is 119 Å². The van der Waals surface area contributed by atoms with Crippen LogP contribution in [0, 0.1) is 13.8 Å². The van der Waals surface area contributed by atoms with Gasteiger partial charge in [0.05, 0.1) is 0 Å². The van der Waals surface area contributed by atoms with Gasteiger partial charge >= 0.3 is 0 Å². The maximum Gasteiger partial charge on any atom is 0.278 e. The molecule has 2 heterocycles. The number of carbonyl (C=O) groups is 2. The minimum absolute atomic E-state index is 0.215. The topological polar surface area (TPSA) is 84.4 Å². The maximum absolute atomic E-state index is 13.5. The fourth-order valence-corrected chi connectivity index (χ4v) is 5.05. The van der Waals surface area contributed by atoms with E-state index in [1.807, 2.05) is 105 Å². The molecule has 1 aliphatic rings. The zero-order valence-electron chi connectivity index (χ0n) is 21.0. The van der Waals surface area contributed by atoms with Crippen molar-refractivity contribution in [1.29, 1.82) is 0 Å². The maximum atomic E-state index is 13.5. The van der Waals surface area contributed by atoms with Gasteiger partial charge in [0.2, 0.25) is 0 Å². The number of hydrogen-bond acceptors (Lipinski definition) is 7. The molecule has 1 aliphatic heterocycles. The number of hydrogen-bond donors (Lipinski definition) is 1. The zero-order chi connectivity index (χ0) is 26.5. The van der Waals surface area contributed by atoms with Crippen LogP contribution in [0.25, 0.3) is 0 Å². The summed E-state index contributed by atoms with van der Waals surface area (Å²) in [6.45, 7) is 4.02. The Bertz CT molecular complexity index is 1470. The fraction of sp³-hybridized carbons (Fsp3) is 0.133. The molecule has 0 saturated carbocycles. The Morgan fingerprint density at radius 2 is 1.39 bits per heavy atom. The van der Waals surface area contributed by atoms with Gasteiger partial charge in [0, 0.05) is 23.6 Å². The highest BCUT2D eigenvalue weighted by Crippen LogP contribution is 2.35. The van der Waals surface area contributed by atoms with E-state index in [0.29, 0.717) is 23.0 Å². The first-order chi connectivity index (χ1) is 18.5. The molecule has 0 radical (unpaired) electrons. The second-order valence-electron chi connectivity index (χ2n) is 8.80. The van der Waals surface area contributed by atoms with Crippen molar-refractivity contribution in [2.75, 3.05) is 11.9 Å². The molecule has 190 valence electrons. The predicted molar refractivity (Wildman–Crippen MR) is 148 cm³/mol. The summed E-state index contributed by atoms with van der Waals surface area (Å²) < 4.78 is 5.87. The molecule has 0 fully saturated rings. The largest absolute Gasteiger partial charge is 0.457 e. The summed E-state index contributed by atoms with van der Waals surface area (Å²) in [7, 11) is 0. The fourth-order valence-electron chi connectivity index (χ4n) is 4.05. The van der Waals surface area contributed by atoms with E-state index in [2.05, 4.69) is 15.3 Å². The van der Waals surface area contributed by atoms with Crippen molar-refractivity contribution in [2.24, 2.45) is 0 Å². The average Bonchev–Trinajstić information content (AvgIpc) is 3.12. The van der Waals surface area contributed by atoms with Crippen molar-refractivity contribution >= 4 is 29.3 Å². The Morgan fingerprint density at radius 3 is 2.05 bits per heavy atom. The normalized spacial score (nSPS) is 13.3. The Hall–Kier alpha value is -4.43. The molecular formula is C30H26N4O3S. The molecule has 4 aromatic rings. The third-order valence-corrected chi connectivity index (χ3v) is 6.80. The van der Waals surface area contributed by atoms with E-state index in [-0.39, 0.29) is 29.0 Å². The number of rotatable bonds is 9. The van der Waals surface area contributed by atoms with Crippen LogP contribution >= 0.6 is 11.8 Å². The smallest absolute Gasteiger partial charge is 0.278 e. The molecule has 38 heavy (non-hydrogen) atoms. The van der Waals surface area contributed by atoms with Crippen molar-refractivity contribution in [3.63, 3.8) is 0 Å². The number of anilines is 1. The van der Waals surface area contributed by atoms with Crippen LogP contribution < -0.4 is 10.1 Å². The van der Waals surface area contributed by atoms with E-state index >= 15 is 0 Å². The summed E-state index contributed by atoms with van der Waals surface area (Å²) in [6, 6.07) is 28.4. The number of nitrogens with zero attached hydrogens (tertiary/aromatic N) is 3. The molecule has 0 bridgehead atoms. The molecular weight excluding hydrogens is 496 g/mol. The van der Waals surface area contributed by atoms with E-state index in [4.69, 9.17) is 4.74 Å². The van der Waals surface area contributed by atoms with Crippen molar-refractivity contribution < 1.29 is 14.3 Å². The van der Waals surface area contributed by atoms with Gasteiger partial charge in [-0.3, -0.25) is 14.5 Å². The Labute approximate surface area is 225 Å². The number of ether oxygens (including phenoxy) is 1. The molecule has 0 aliphatic carbocycles. The number of thioether (sulfide) groups is 1. The van der Waals surface area contributed by atoms with Crippen molar-refractivity contribution in [1.82, 2.24) is 14.9 Å². The molecule has 1 N–H and O–H groups in total. The first kappa shape index (κ1) is 25.2. The van der Waals surface area contributed by atoms with E-state index in [9.17, 15) is 9.59 Å². The number of aromatic nitrogens is 2. The molecule has 0 unspecified atom stereocenters. The lowest BCUT2D eigenvalue weighted by atomic mass is 10.1. The molecule has 2 amide bonds. The summed E-state index contributed by atoms with van der Waals surface area (Å²) in [5.74, 6) is 0.661. The summed E-state index contributed by atoms with van der Waals surface area (Å²) in [5, 5.41) is 3.60. The van der Waals surface area contributed by atoms with Crippen LogP contribution in [0.15, 0.2) is 107 Å². The standard InChI is InChI=1S/C30H26N4O3S/c1-20-19-21(2)32-30(31-20)38-27-26(28(35)34(29(27)36)18-17-22-9-5-3-6-10-22)33-23-13-15-25(16-14-23)37-24-11-7-4-8-12-24/h3-16,19,33H,17-18H2,1-2H3. The van der Waals surface area contributed by atoms with Gasteiger partial charge < -0.3 is 10.1 Å². The lowest BCUT2D eigenvalue weighted by Crippen LogP contribution is -2.34. The van der Waals surface area contributed by atoms with Crippen LogP contribution in [0.1, 0.15) is 17.0 Å². The Kier molecular flexibility index (Phi) is 7.51. The van der Waals surface area contributed by atoms with E-state index < -0.39 is 0 Å². The minimum Gasteiger partial charge on any atom is -0.457 e. The van der Waals surface area contributed by atoms with Crippen molar-refractivity contribution in [3.8, 4) is 11.5 Å². The van der Waals surface area contributed by atoms with Gasteiger partial charge in [-0.1, -0.05) is 48.5 Å². The van der Waals surface area contributed by atoms with Gasteiger partial charge in [0.15, 0.2) is 5.16 Å². The molecule has 0 spiro atoms. The monoisotopic (exact) mass is 522 g/mol. The van der Waals surface area contributed by atoms with Gasteiger partial charge in [0.1, 0.15) is 22.1 Å². The van der Waals surface area contributed by atoms with Crippen LogP contribution in [0.5, 0.6) is 11.5 Å². The number of nitrogens with one attached hydrogen (secondary N) is 1. The lowest BCUT2D eigenvalue weighted by Gasteiger charge is -2.15. The van der Waals surface area contributed by atoms with Gasteiger partial charge in [-0.25, -0.2) is 9.97 Å². The number of imide groups is 1. The van der Waals surface area contributed by atoms with Gasteiger partial charge in [-0.15, -0.1) is 0 Å². The number of amides is 2. The lowest BCUT2D eigenvalue weighted by molar-refractivity contribution is -0.137. The highest BCUT2D eigenvalue weighted by molar-refractivity contribution is 8.04. The number of aryl methyl sites for hydroxylation is 2. The van der Waals surface area contributed by atoms with E-state index in [1.54, 1.807) is 0 Å².